The second-order valence-electron chi connectivity index (χ2n) is 3.96. The molecule has 0 aromatic heterocycles. The van der Waals surface area contributed by atoms with E-state index in [1.54, 1.807) is 36.4 Å². The van der Waals surface area contributed by atoms with E-state index < -0.39 is 0 Å². The molecule has 0 heterocycles. The zero-order valence-electron chi connectivity index (χ0n) is 10.1. The van der Waals surface area contributed by atoms with E-state index in [4.69, 9.17) is 5.26 Å². The number of nitriles is 1. The van der Waals surface area contributed by atoms with Crippen LogP contribution in [0.4, 0.5) is 0 Å². The van der Waals surface area contributed by atoms with Crippen LogP contribution in [0.3, 0.4) is 0 Å². The van der Waals surface area contributed by atoms with E-state index in [1.807, 2.05) is 12.1 Å². The van der Waals surface area contributed by atoms with E-state index in [0.29, 0.717) is 11.1 Å². The van der Waals surface area contributed by atoms with Crippen LogP contribution in [0.1, 0.15) is 15.9 Å². The molecule has 0 radical (unpaired) electrons. The van der Waals surface area contributed by atoms with Crippen LogP contribution in [0.2, 0.25) is 0 Å². The maximum absolute atomic E-state index is 12.1. The first kappa shape index (κ1) is 12.6. The molecule has 2 rings (SSSR count). The van der Waals surface area contributed by atoms with Crippen molar-refractivity contribution in [3.63, 3.8) is 0 Å². The van der Waals surface area contributed by atoms with Crippen LogP contribution in [0.25, 0.3) is 6.08 Å². The van der Waals surface area contributed by atoms with E-state index in [1.165, 1.54) is 18.2 Å². The number of hydrogen-bond acceptors (Lipinski definition) is 3. The number of carbonyl (C=O) groups excluding carboxylic acids is 1. The van der Waals surface area contributed by atoms with Crippen molar-refractivity contribution >= 4 is 11.9 Å². The number of benzene rings is 2. The van der Waals surface area contributed by atoms with Gasteiger partial charge in [-0.3, -0.25) is 4.79 Å². The number of phenols is 1. The highest BCUT2D eigenvalue weighted by Gasteiger charge is 2.11. The zero-order chi connectivity index (χ0) is 13.7. The van der Waals surface area contributed by atoms with Gasteiger partial charge in [0.15, 0.2) is 0 Å². The number of hydrogen-bond donors (Lipinski definition) is 1. The predicted molar refractivity (Wildman–Crippen MR) is 72.5 cm³/mol. The van der Waals surface area contributed by atoms with E-state index in [9.17, 15) is 9.90 Å². The maximum Gasteiger partial charge on any atom is 0.203 e. The number of phenolic OH excluding ortho intramolecular Hbond substituents is 1. The van der Waals surface area contributed by atoms with Gasteiger partial charge >= 0.3 is 0 Å². The van der Waals surface area contributed by atoms with E-state index in [-0.39, 0.29) is 17.1 Å². The zero-order valence-corrected chi connectivity index (χ0v) is 10.1. The molecule has 2 aromatic rings. The largest absolute Gasteiger partial charge is 0.508 e. The number of allylic oxidation sites excluding steroid dienone is 1. The molecular weight excluding hydrogens is 238 g/mol. The highest BCUT2D eigenvalue weighted by atomic mass is 16.3. The molecule has 3 heteroatoms. The van der Waals surface area contributed by atoms with Gasteiger partial charge in [-0.15, -0.1) is 0 Å². The summed E-state index contributed by atoms with van der Waals surface area (Å²) in [7, 11) is 0. The van der Waals surface area contributed by atoms with Gasteiger partial charge in [0.25, 0.3) is 0 Å². The topological polar surface area (TPSA) is 61.1 Å². The Hall–Kier alpha value is -2.86. The Morgan fingerprint density at radius 3 is 2.26 bits per heavy atom. The van der Waals surface area contributed by atoms with Crippen molar-refractivity contribution in [3.8, 4) is 11.8 Å². The lowest BCUT2D eigenvalue weighted by Gasteiger charge is -1.99. The lowest BCUT2D eigenvalue weighted by molar-refractivity contribution is 0.104. The molecule has 92 valence electrons. The molecule has 3 nitrogen and oxygen atoms in total. The smallest absolute Gasteiger partial charge is 0.203 e. The van der Waals surface area contributed by atoms with Gasteiger partial charge in [-0.2, -0.15) is 5.26 Å². The standard InChI is InChI=1S/C16H11NO2/c17-11-14(10-12-6-8-15(18)9-7-12)16(19)13-4-2-1-3-5-13/h1-10,18H. The van der Waals surface area contributed by atoms with Crippen molar-refractivity contribution in [1.82, 2.24) is 0 Å². The Morgan fingerprint density at radius 1 is 1.05 bits per heavy atom. The molecule has 2 aromatic carbocycles. The Morgan fingerprint density at radius 2 is 1.68 bits per heavy atom. The summed E-state index contributed by atoms with van der Waals surface area (Å²) in [5.74, 6) is -0.166. The van der Waals surface area contributed by atoms with E-state index in [0.717, 1.165) is 0 Å². The highest BCUT2D eigenvalue weighted by Crippen LogP contribution is 2.15. The monoisotopic (exact) mass is 249 g/mol. The third-order valence-corrected chi connectivity index (χ3v) is 2.61. The molecule has 0 aliphatic rings. The third-order valence-electron chi connectivity index (χ3n) is 2.61. The van der Waals surface area contributed by atoms with Crippen molar-refractivity contribution in [3.05, 3.63) is 71.3 Å². The highest BCUT2D eigenvalue weighted by molar-refractivity contribution is 6.13. The minimum absolute atomic E-state index is 0.0666. The van der Waals surface area contributed by atoms with Crippen molar-refractivity contribution in [2.75, 3.05) is 0 Å². The third kappa shape index (κ3) is 3.08. The van der Waals surface area contributed by atoms with Gasteiger partial charge in [-0.05, 0) is 23.8 Å². The Bertz CT molecular complexity index is 649. The molecule has 1 N–H and O–H groups in total. The van der Waals surface area contributed by atoms with Gasteiger partial charge in [0.1, 0.15) is 17.4 Å². The first-order chi connectivity index (χ1) is 9.20. The molecule has 0 fully saturated rings. The van der Waals surface area contributed by atoms with Gasteiger partial charge in [-0.25, -0.2) is 0 Å². The summed E-state index contributed by atoms with van der Waals surface area (Å²) in [6, 6.07) is 16.9. The van der Waals surface area contributed by atoms with Crippen molar-refractivity contribution in [2.24, 2.45) is 0 Å². The van der Waals surface area contributed by atoms with Crippen LogP contribution in [-0.4, -0.2) is 10.9 Å². The van der Waals surface area contributed by atoms with E-state index >= 15 is 0 Å². The molecule has 0 saturated heterocycles. The summed E-state index contributed by atoms with van der Waals surface area (Å²) >= 11 is 0. The summed E-state index contributed by atoms with van der Waals surface area (Å²) in [4.78, 5) is 12.1. The molecule has 0 unspecified atom stereocenters. The number of nitrogens with zero attached hydrogens (tertiary/aromatic N) is 1. The number of aromatic hydroxyl groups is 1. The van der Waals surface area contributed by atoms with Crippen LogP contribution >= 0.6 is 0 Å². The van der Waals surface area contributed by atoms with Gasteiger partial charge in [0.05, 0.1) is 0 Å². The van der Waals surface area contributed by atoms with Crippen molar-refractivity contribution < 1.29 is 9.90 Å². The summed E-state index contributed by atoms with van der Waals surface area (Å²) < 4.78 is 0. The number of rotatable bonds is 3. The lowest BCUT2D eigenvalue weighted by atomic mass is 10.0. The number of Topliss-reactive ketones (excluding diaryl/α,β-unsaturated/α-hetero) is 1. The van der Waals surface area contributed by atoms with Crippen LogP contribution in [-0.2, 0) is 0 Å². The molecule has 0 aliphatic carbocycles. The lowest BCUT2D eigenvalue weighted by Crippen LogP contribution is -2.01. The molecule has 0 amide bonds. The van der Waals surface area contributed by atoms with Crippen LogP contribution < -0.4 is 0 Å². The quantitative estimate of drug-likeness (QED) is 0.516. The molecular formula is C16H11NO2. The Kier molecular flexibility index (Phi) is 3.75. The first-order valence-corrected chi connectivity index (χ1v) is 5.71. The summed E-state index contributed by atoms with van der Waals surface area (Å²) in [6.45, 7) is 0. The molecule has 19 heavy (non-hydrogen) atoms. The fraction of sp³-hybridized carbons (Fsp3) is 0. The SMILES string of the molecule is N#CC(=Cc1ccc(O)cc1)C(=O)c1ccccc1. The average molecular weight is 249 g/mol. The second kappa shape index (κ2) is 5.65. The fourth-order valence-corrected chi connectivity index (χ4v) is 1.63. The van der Waals surface area contributed by atoms with Gasteiger partial charge < -0.3 is 5.11 Å². The Labute approximate surface area is 111 Å². The summed E-state index contributed by atoms with van der Waals surface area (Å²) in [5.41, 5.74) is 1.24. The Balaban J connectivity index is 2.33. The number of carbonyl (C=O) groups is 1. The minimum atomic E-state index is -0.309. The van der Waals surface area contributed by atoms with Crippen molar-refractivity contribution in [2.45, 2.75) is 0 Å². The molecule has 0 bridgehead atoms. The van der Waals surface area contributed by atoms with Crippen LogP contribution in [0, 0.1) is 11.3 Å². The van der Waals surface area contributed by atoms with Crippen LogP contribution in [0.15, 0.2) is 60.2 Å². The minimum Gasteiger partial charge on any atom is -0.508 e. The normalized spacial score (nSPS) is 10.8. The van der Waals surface area contributed by atoms with E-state index in [2.05, 4.69) is 0 Å². The first-order valence-electron chi connectivity index (χ1n) is 5.71. The molecule has 0 saturated carbocycles. The number of ketones is 1. The average Bonchev–Trinajstić information content (AvgIpc) is 2.47. The summed E-state index contributed by atoms with van der Waals surface area (Å²) in [6.07, 6.45) is 1.51. The summed E-state index contributed by atoms with van der Waals surface area (Å²) in [5, 5.41) is 18.3. The fourth-order valence-electron chi connectivity index (χ4n) is 1.63. The second-order valence-corrected chi connectivity index (χ2v) is 3.96. The molecule has 0 aliphatic heterocycles. The van der Waals surface area contributed by atoms with Crippen molar-refractivity contribution in [1.29, 1.82) is 5.26 Å². The van der Waals surface area contributed by atoms with Gasteiger partial charge in [0, 0.05) is 5.56 Å². The maximum atomic E-state index is 12.1. The van der Waals surface area contributed by atoms with Crippen LogP contribution in [0.5, 0.6) is 5.75 Å². The van der Waals surface area contributed by atoms with Gasteiger partial charge in [0.2, 0.25) is 5.78 Å². The molecule has 0 spiro atoms. The molecule has 0 atom stereocenters. The predicted octanol–water partition coefficient (Wildman–Crippen LogP) is 3.18. The van der Waals surface area contributed by atoms with Gasteiger partial charge in [-0.1, -0.05) is 42.5 Å².